The zero-order valence-corrected chi connectivity index (χ0v) is 41.3. The maximum absolute atomic E-state index is 14.0. The van der Waals surface area contributed by atoms with Gasteiger partial charge in [0.05, 0.1) is 59.0 Å². The second-order valence-corrected chi connectivity index (χ2v) is 19.6. The molecule has 2 aliphatic heterocycles. The van der Waals surface area contributed by atoms with Crippen LogP contribution in [-0.2, 0) is 39.9 Å². The molecule has 0 spiro atoms. The third kappa shape index (κ3) is 13.0. The number of benzene rings is 2. The van der Waals surface area contributed by atoms with Crippen molar-refractivity contribution in [1.82, 2.24) is 40.4 Å². The highest BCUT2D eigenvalue weighted by atomic mass is 35.5. The molecule has 3 aromatic heterocycles. The highest BCUT2D eigenvalue weighted by Gasteiger charge is 2.48. The molecule has 23 heteroatoms. The first-order valence-electron chi connectivity index (χ1n) is 23.1. The second kappa shape index (κ2) is 23.6. The number of amides is 4. The zero-order chi connectivity index (χ0) is 51.0. The van der Waals surface area contributed by atoms with Gasteiger partial charge in [0.2, 0.25) is 17.7 Å². The van der Waals surface area contributed by atoms with Gasteiger partial charge in [-0.15, -0.1) is 11.3 Å². The molecule has 4 amide bonds. The molecule has 2 saturated heterocycles. The number of nitrogens with one attached hydrogen (secondary N) is 3. The zero-order valence-electron chi connectivity index (χ0n) is 39.7. The van der Waals surface area contributed by atoms with Crippen LogP contribution >= 0.6 is 22.9 Å². The molecule has 71 heavy (non-hydrogen) atoms. The summed E-state index contributed by atoms with van der Waals surface area (Å²) in [6.07, 6.45) is -4.71. The summed E-state index contributed by atoms with van der Waals surface area (Å²) in [6.45, 7) is 7.82. The lowest BCUT2D eigenvalue weighted by atomic mass is 9.85. The Labute approximate surface area is 418 Å². The molecule has 21 nitrogen and oxygen atoms in total. The van der Waals surface area contributed by atoms with E-state index in [2.05, 4.69) is 30.9 Å². The Morgan fingerprint density at radius 1 is 0.958 bits per heavy atom. The second-order valence-electron chi connectivity index (χ2n) is 18.4. The van der Waals surface area contributed by atoms with Gasteiger partial charge in [-0.05, 0) is 47.2 Å². The summed E-state index contributed by atoms with van der Waals surface area (Å²) in [5.41, 5.74) is 10.5. The lowest BCUT2D eigenvalue weighted by molar-refractivity contribution is -0.144. The maximum Gasteiger partial charge on any atom is 0.258 e. The number of β-amino-alcohol motifs (C(OH)–C–C–N with tert-alkyl or cyclic N) is 1. The van der Waals surface area contributed by atoms with Crippen LogP contribution in [0.2, 0.25) is 5.02 Å². The van der Waals surface area contributed by atoms with E-state index in [9.17, 15) is 39.6 Å². The fraction of sp³-hybridized carbons (Fsp3) is 0.479. The highest BCUT2D eigenvalue weighted by Crippen LogP contribution is 2.39. The summed E-state index contributed by atoms with van der Waals surface area (Å²) >= 11 is 7.89. The third-order valence-electron chi connectivity index (χ3n) is 12.2. The molecule has 9 N–H and O–H groups in total. The van der Waals surface area contributed by atoms with Crippen molar-refractivity contribution in [2.75, 3.05) is 51.9 Å². The Balaban J connectivity index is 0.778. The van der Waals surface area contributed by atoms with Crippen molar-refractivity contribution in [3.63, 3.8) is 0 Å². The number of aliphatic hydroxyl groups is 4. The van der Waals surface area contributed by atoms with Gasteiger partial charge in [0.1, 0.15) is 60.0 Å². The van der Waals surface area contributed by atoms with Crippen LogP contribution in [0.15, 0.2) is 66.6 Å². The molecule has 8 atom stereocenters. The molecule has 0 bridgehead atoms. The number of nitrogens with two attached hydrogens (primary N) is 1. The van der Waals surface area contributed by atoms with Gasteiger partial charge in [-0.3, -0.25) is 19.2 Å². The molecule has 5 heterocycles. The van der Waals surface area contributed by atoms with Gasteiger partial charge < -0.3 is 70.5 Å². The summed E-state index contributed by atoms with van der Waals surface area (Å²) in [4.78, 5) is 67.9. The molecule has 2 aromatic carbocycles. The Morgan fingerprint density at radius 2 is 1.70 bits per heavy atom. The number of fused-ring (bicyclic) bond motifs is 1. The molecule has 0 unspecified atom stereocenters. The fourth-order valence-electron chi connectivity index (χ4n) is 8.33. The van der Waals surface area contributed by atoms with E-state index in [0.29, 0.717) is 11.0 Å². The summed E-state index contributed by atoms with van der Waals surface area (Å²) < 4.78 is 24.2. The number of nitrogen functional groups attached to an aromatic ring is 1. The summed E-state index contributed by atoms with van der Waals surface area (Å²) in [7, 11) is 0. The minimum atomic E-state index is -1.49. The van der Waals surface area contributed by atoms with Crippen LogP contribution in [0.3, 0.4) is 0 Å². The average molecular weight is 1020 g/mol. The molecule has 2 aliphatic rings. The van der Waals surface area contributed by atoms with Crippen molar-refractivity contribution < 1.29 is 58.6 Å². The number of carbonyl (C=O) groups is 4. The summed E-state index contributed by atoms with van der Waals surface area (Å²) in [6, 6.07) is 11.9. The van der Waals surface area contributed by atoms with Gasteiger partial charge in [-0.2, -0.15) is 0 Å². The molecule has 382 valence electrons. The van der Waals surface area contributed by atoms with Gasteiger partial charge in [-0.25, -0.2) is 15.0 Å². The van der Waals surface area contributed by atoms with Crippen LogP contribution in [-0.4, -0.2) is 151 Å². The molecule has 0 saturated carbocycles. The first-order valence-corrected chi connectivity index (χ1v) is 24.3. The fourth-order valence-corrected chi connectivity index (χ4v) is 9.32. The van der Waals surface area contributed by atoms with Crippen LogP contribution < -0.4 is 26.4 Å². The minimum absolute atomic E-state index is 0.0418. The van der Waals surface area contributed by atoms with Gasteiger partial charge in [0.15, 0.2) is 12.8 Å². The van der Waals surface area contributed by atoms with Crippen molar-refractivity contribution >= 4 is 63.4 Å². The average Bonchev–Trinajstić information content (AvgIpc) is 4.14. The van der Waals surface area contributed by atoms with Gasteiger partial charge in [0, 0.05) is 38.7 Å². The van der Waals surface area contributed by atoms with Crippen LogP contribution in [0, 0.1) is 12.3 Å². The van der Waals surface area contributed by atoms with E-state index in [0.717, 1.165) is 21.7 Å². The van der Waals surface area contributed by atoms with Gasteiger partial charge >= 0.3 is 0 Å². The number of aromatic nitrogens is 4. The predicted octanol–water partition coefficient (Wildman–Crippen LogP) is 2.18. The largest absolute Gasteiger partial charge is 0.482 e. The van der Waals surface area contributed by atoms with Crippen molar-refractivity contribution in [1.29, 1.82) is 0 Å². The number of hydrogen-bond donors (Lipinski definition) is 8. The molecule has 0 radical (unpaired) electrons. The third-order valence-corrected chi connectivity index (χ3v) is 13.5. The van der Waals surface area contributed by atoms with E-state index in [1.807, 2.05) is 52.0 Å². The first kappa shape index (κ1) is 53.0. The molecule has 2 fully saturated rings. The van der Waals surface area contributed by atoms with Crippen LogP contribution in [0.4, 0.5) is 5.82 Å². The van der Waals surface area contributed by atoms with Crippen molar-refractivity contribution in [2.24, 2.45) is 5.41 Å². The predicted molar refractivity (Wildman–Crippen MR) is 261 cm³/mol. The van der Waals surface area contributed by atoms with Crippen molar-refractivity contribution in [3.05, 3.63) is 88.4 Å². The van der Waals surface area contributed by atoms with E-state index in [-0.39, 0.29) is 81.1 Å². The number of likely N-dealkylation sites (tertiary alicyclic amines) is 1. The van der Waals surface area contributed by atoms with E-state index in [1.54, 1.807) is 29.1 Å². The van der Waals surface area contributed by atoms with Crippen molar-refractivity contribution in [2.45, 2.75) is 95.9 Å². The van der Waals surface area contributed by atoms with E-state index < -0.39 is 84.5 Å². The van der Waals surface area contributed by atoms with Crippen molar-refractivity contribution in [3.8, 4) is 16.2 Å². The molecule has 0 aliphatic carbocycles. The number of halogens is 1. The number of hydrogen-bond acceptors (Lipinski definition) is 17. The SMILES string of the molecule is Cc1ncsc1-c1ccc(CNC(=O)[C@@H]2C[C@@H](O)CN2C(=O)[C@@H](NC(=O)CCOCCOCCNC(=O)COc2cc([C@@H](O)[C@H]3O[C@@H](n4ccc5c(N)ncnc54)[C@H](O)[C@@H]3O)ccc2Cl)C(C)(C)C)cc1. The van der Waals surface area contributed by atoms with Crippen LogP contribution in [0.1, 0.15) is 62.8 Å². The number of carbonyl (C=O) groups excluding carboxylic acids is 4. The monoisotopic (exact) mass is 1020 g/mol. The van der Waals surface area contributed by atoms with Gasteiger partial charge in [0.25, 0.3) is 5.91 Å². The Bertz CT molecular complexity index is 2650. The van der Waals surface area contributed by atoms with Crippen LogP contribution in [0.25, 0.3) is 21.5 Å². The quantitative estimate of drug-likeness (QED) is 0.0489. The van der Waals surface area contributed by atoms with E-state index in [1.165, 1.54) is 34.0 Å². The summed E-state index contributed by atoms with van der Waals surface area (Å²) in [5.74, 6) is -1.44. The number of aliphatic hydroxyl groups excluding tert-OH is 4. The molecular weight excluding hydrogens is 962 g/mol. The standard InChI is InChI=1S/C48H60ClN9O12S/c1-26-41(71-25-55-26)28-7-5-27(6-8-28)21-52-45(65)33-20-30(59)22-58(33)46(66)42(48(2,3)4)56-35(60)12-15-67-17-18-68-16-13-51-36(61)23-69-34-19-29(9-10-32(34)49)37(62)40-38(63)39(64)47(70-40)57-14-11-31-43(50)53-24-54-44(31)57/h5-11,14,19,24-25,30,33,37-40,42,47,59,62-64H,12-13,15-18,20-23H2,1-4H3,(H,51,61)(H,52,65)(H,56,60)(H2,50,53,54)/t30-,33+,37-,38+,39-,40-,42-,47-/m1/s1. The van der Waals surface area contributed by atoms with E-state index in [4.69, 9.17) is 36.3 Å². The first-order chi connectivity index (χ1) is 33.9. The van der Waals surface area contributed by atoms with E-state index >= 15 is 0 Å². The number of thiazole rings is 1. The van der Waals surface area contributed by atoms with Crippen LogP contribution in [0.5, 0.6) is 5.75 Å². The highest BCUT2D eigenvalue weighted by molar-refractivity contribution is 7.13. The Kier molecular flexibility index (Phi) is 17.6. The number of nitrogens with zero attached hydrogens (tertiary/aromatic N) is 5. The Morgan fingerprint density at radius 3 is 2.42 bits per heavy atom. The molecular formula is C48H60ClN9O12S. The molecule has 5 aromatic rings. The van der Waals surface area contributed by atoms with Gasteiger partial charge in [-0.1, -0.05) is 62.7 Å². The minimum Gasteiger partial charge on any atom is -0.482 e. The number of aryl methyl sites for hydroxylation is 1. The number of anilines is 1. The molecule has 7 rings (SSSR count). The lowest BCUT2D eigenvalue weighted by Crippen LogP contribution is -2.57. The smallest absolute Gasteiger partial charge is 0.258 e. The maximum atomic E-state index is 14.0. The summed E-state index contributed by atoms with van der Waals surface area (Å²) in [5, 5.41) is 52.6. The number of ether oxygens (including phenoxy) is 4. The topological polar surface area (TPSA) is 295 Å². The normalized spacial score (nSPS) is 21.0. The Hall–Kier alpha value is -5.82. The number of rotatable bonds is 21. The lowest BCUT2D eigenvalue weighted by Gasteiger charge is -2.35.